The summed E-state index contributed by atoms with van der Waals surface area (Å²) in [6.07, 6.45) is 6.91. The lowest BCUT2D eigenvalue weighted by Crippen LogP contribution is -2.53. The molecule has 3 aromatic rings. The van der Waals surface area contributed by atoms with Crippen molar-refractivity contribution in [3.63, 3.8) is 0 Å². The van der Waals surface area contributed by atoms with Crippen LogP contribution in [0.3, 0.4) is 0 Å². The average molecular weight is 382 g/mol. The van der Waals surface area contributed by atoms with Gasteiger partial charge < -0.3 is 14.4 Å². The highest BCUT2D eigenvalue weighted by Crippen LogP contribution is 2.41. The Balaban J connectivity index is 1.61. The van der Waals surface area contributed by atoms with Crippen LogP contribution in [0.1, 0.15) is 25.7 Å². The molecule has 0 radical (unpaired) electrons. The molecule has 27 heavy (non-hydrogen) atoms. The fourth-order valence-corrected chi connectivity index (χ4v) is 5.33. The van der Waals surface area contributed by atoms with Gasteiger partial charge in [-0.25, -0.2) is 9.97 Å². The number of benzene rings is 1. The van der Waals surface area contributed by atoms with Gasteiger partial charge in [0.05, 0.1) is 31.2 Å². The standard InChI is InChI=1S/C21H23N3O2S/c1-25-15-8-6-14(7-9-15)16-12-27-21-19(16)20(22-13-23-21)24-10-11-26-18-5-3-2-4-17(18)24/h6-9,12-13,17-18H,2-5,10-11H2,1H3/t17-,18+/m1/s1. The fourth-order valence-electron chi connectivity index (χ4n) is 4.42. The summed E-state index contributed by atoms with van der Waals surface area (Å²) < 4.78 is 11.4. The second-order valence-electron chi connectivity index (χ2n) is 7.21. The number of methoxy groups -OCH3 is 1. The zero-order valence-corrected chi connectivity index (χ0v) is 16.2. The Bertz CT molecular complexity index is 938. The molecule has 3 heterocycles. The third kappa shape index (κ3) is 2.97. The number of thiophene rings is 1. The zero-order valence-electron chi connectivity index (χ0n) is 15.4. The van der Waals surface area contributed by atoms with E-state index in [1.165, 1.54) is 35.8 Å². The maximum atomic E-state index is 6.07. The van der Waals surface area contributed by atoms with Gasteiger partial charge in [0.2, 0.25) is 0 Å². The largest absolute Gasteiger partial charge is 0.497 e. The van der Waals surface area contributed by atoms with Gasteiger partial charge in [-0.15, -0.1) is 11.3 Å². The van der Waals surface area contributed by atoms with E-state index in [2.05, 4.69) is 27.4 Å². The van der Waals surface area contributed by atoms with Crippen LogP contribution in [0.25, 0.3) is 21.3 Å². The van der Waals surface area contributed by atoms with Crippen LogP contribution in [0.15, 0.2) is 36.0 Å². The first-order valence-corrected chi connectivity index (χ1v) is 10.5. The second kappa shape index (κ2) is 7.09. The third-order valence-electron chi connectivity index (χ3n) is 5.76. The minimum absolute atomic E-state index is 0.334. The lowest BCUT2D eigenvalue weighted by Gasteiger charge is -2.44. The van der Waals surface area contributed by atoms with Crippen LogP contribution < -0.4 is 9.64 Å². The van der Waals surface area contributed by atoms with Crippen LogP contribution >= 0.6 is 11.3 Å². The Hall–Kier alpha value is -2.18. The Kier molecular flexibility index (Phi) is 4.45. The highest BCUT2D eigenvalue weighted by atomic mass is 32.1. The Morgan fingerprint density at radius 2 is 2.00 bits per heavy atom. The Labute approximate surface area is 163 Å². The normalized spacial score (nSPS) is 22.6. The van der Waals surface area contributed by atoms with Gasteiger partial charge >= 0.3 is 0 Å². The number of anilines is 1. The van der Waals surface area contributed by atoms with E-state index in [0.29, 0.717) is 12.1 Å². The maximum absolute atomic E-state index is 6.07. The molecule has 6 heteroatoms. The van der Waals surface area contributed by atoms with E-state index >= 15 is 0 Å². The molecular formula is C21H23N3O2S. The molecular weight excluding hydrogens is 358 g/mol. The Morgan fingerprint density at radius 3 is 2.85 bits per heavy atom. The van der Waals surface area contributed by atoms with E-state index in [1.54, 1.807) is 24.8 Å². The van der Waals surface area contributed by atoms with E-state index in [1.807, 2.05) is 12.1 Å². The van der Waals surface area contributed by atoms with E-state index in [0.717, 1.165) is 36.0 Å². The molecule has 0 spiro atoms. The predicted molar refractivity (Wildman–Crippen MR) is 109 cm³/mol. The first-order chi connectivity index (χ1) is 13.3. The van der Waals surface area contributed by atoms with Crippen molar-refractivity contribution in [1.29, 1.82) is 0 Å². The number of fused-ring (bicyclic) bond motifs is 2. The molecule has 1 aliphatic heterocycles. The highest BCUT2D eigenvalue weighted by Gasteiger charge is 2.36. The van der Waals surface area contributed by atoms with Crippen LogP contribution in [-0.2, 0) is 4.74 Å². The maximum Gasteiger partial charge on any atom is 0.141 e. The predicted octanol–water partition coefficient (Wildman–Crippen LogP) is 4.51. The van der Waals surface area contributed by atoms with E-state index in [4.69, 9.17) is 14.5 Å². The topological polar surface area (TPSA) is 47.5 Å². The van der Waals surface area contributed by atoms with Crippen molar-refractivity contribution in [2.75, 3.05) is 25.2 Å². The summed E-state index contributed by atoms with van der Waals surface area (Å²) in [5, 5.41) is 3.36. The smallest absolute Gasteiger partial charge is 0.141 e. The van der Waals surface area contributed by atoms with E-state index in [-0.39, 0.29) is 0 Å². The molecule has 5 rings (SSSR count). The number of morpholine rings is 1. The summed E-state index contributed by atoms with van der Waals surface area (Å²) in [6, 6.07) is 8.66. The number of aromatic nitrogens is 2. The molecule has 5 nitrogen and oxygen atoms in total. The molecule has 0 amide bonds. The zero-order chi connectivity index (χ0) is 18.2. The van der Waals surface area contributed by atoms with E-state index in [9.17, 15) is 0 Å². The van der Waals surface area contributed by atoms with Gasteiger partial charge in [-0.1, -0.05) is 25.0 Å². The molecule has 140 valence electrons. The van der Waals surface area contributed by atoms with Gasteiger partial charge in [-0.05, 0) is 30.5 Å². The van der Waals surface area contributed by atoms with E-state index < -0.39 is 0 Å². The molecule has 1 aromatic carbocycles. The quantitative estimate of drug-likeness (QED) is 0.668. The summed E-state index contributed by atoms with van der Waals surface area (Å²) >= 11 is 1.69. The molecule has 2 atom stereocenters. The Morgan fingerprint density at radius 1 is 1.15 bits per heavy atom. The van der Waals surface area contributed by atoms with Gasteiger partial charge in [0.15, 0.2) is 0 Å². The minimum Gasteiger partial charge on any atom is -0.497 e. The van der Waals surface area contributed by atoms with Crippen LogP contribution in [0.4, 0.5) is 5.82 Å². The number of ether oxygens (including phenoxy) is 2. The van der Waals surface area contributed by atoms with Gasteiger partial charge in [0.1, 0.15) is 22.7 Å². The van der Waals surface area contributed by atoms with Gasteiger partial charge in [-0.2, -0.15) is 0 Å². The molecule has 2 aromatic heterocycles. The molecule has 2 aliphatic rings. The van der Waals surface area contributed by atoms with Gasteiger partial charge in [0, 0.05) is 17.5 Å². The van der Waals surface area contributed by atoms with Crippen LogP contribution in [0.2, 0.25) is 0 Å². The van der Waals surface area contributed by atoms with Gasteiger partial charge in [0.25, 0.3) is 0 Å². The van der Waals surface area contributed by atoms with Crippen LogP contribution in [-0.4, -0.2) is 42.4 Å². The number of nitrogens with zero attached hydrogens (tertiary/aromatic N) is 3. The number of rotatable bonds is 3. The molecule has 0 unspecified atom stereocenters. The van der Waals surface area contributed by atoms with Crippen molar-refractivity contribution in [3.8, 4) is 16.9 Å². The van der Waals surface area contributed by atoms with Crippen molar-refractivity contribution in [2.24, 2.45) is 0 Å². The summed E-state index contributed by atoms with van der Waals surface area (Å²) in [7, 11) is 1.69. The summed E-state index contributed by atoms with van der Waals surface area (Å²) in [5.41, 5.74) is 2.37. The summed E-state index contributed by atoms with van der Waals surface area (Å²) in [6.45, 7) is 1.67. The first kappa shape index (κ1) is 17.0. The third-order valence-corrected chi connectivity index (χ3v) is 6.64. The van der Waals surface area contributed by atoms with Gasteiger partial charge in [-0.3, -0.25) is 0 Å². The fraction of sp³-hybridized carbons (Fsp3) is 0.429. The molecule has 1 saturated heterocycles. The molecule has 2 fully saturated rings. The summed E-state index contributed by atoms with van der Waals surface area (Å²) in [4.78, 5) is 12.8. The lowest BCUT2D eigenvalue weighted by molar-refractivity contribution is -0.00887. The highest BCUT2D eigenvalue weighted by molar-refractivity contribution is 7.17. The van der Waals surface area contributed by atoms with Crippen molar-refractivity contribution in [1.82, 2.24) is 9.97 Å². The minimum atomic E-state index is 0.334. The number of hydrogen-bond acceptors (Lipinski definition) is 6. The molecule has 1 saturated carbocycles. The monoisotopic (exact) mass is 381 g/mol. The first-order valence-electron chi connectivity index (χ1n) is 9.60. The molecule has 0 bridgehead atoms. The molecule has 0 N–H and O–H groups in total. The van der Waals surface area contributed by atoms with Crippen molar-refractivity contribution >= 4 is 27.4 Å². The van der Waals surface area contributed by atoms with Crippen molar-refractivity contribution in [2.45, 2.75) is 37.8 Å². The van der Waals surface area contributed by atoms with Crippen LogP contribution in [0.5, 0.6) is 5.75 Å². The second-order valence-corrected chi connectivity index (χ2v) is 8.07. The lowest BCUT2D eigenvalue weighted by atomic mass is 9.90. The van der Waals surface area contributed by atoms with Crippen molar-refractivity contribution in [3.05, 3.63) is 36.0 Å². The average Bonchev–Trinajstić information content (AvgIpc) is 3.18. The van der Waals surface area contributed by atoms with Crippen LogP contribution in [0, 0.1) is 0 Å². The SMILES string of the molecule is COc1ccc(-c2csc3ncnc(N4CCO[C@H]5CCCC[C@H]54)c23)cc1. The molecule has 1 aliphatic carbocycles. The number of hydrogen-bond donors (Lipinski definition) is 0. The van der Waals surface area contributed by atoms with Crippen molar-refractivity contribution < 1.29 is 9.47 Å². The summed E-state index contributed by atoms with van der Waals surface area (Å²) in [5.74, 6) is 1.93.